The normalized spacial score (nSPS) is 14.5. The number of nitrogens with one attached hydrogen (secondary N) is 2. The molecule has 1 fully saturated rings. The van der Waals surface area contributed by atoms with Crippen molar-refractivity contribution in [2.45, 2.75) is 19.3 Å². The molecule has 9 heteroatoms. The predicted octanol–water partition coefficient (Wildman–Crippen LogP) is 4.65. The number of halogens is 2. The topological polar surface area (TPSA) is 70.2 Å². The number of aromatic nitrogens is 2. The van der Waals surface area contributed by atoms with E-state index in [1.54, 1.807) is 6.07 Å². The number of hydrogen-bond acceptors (Lipinski definition) is 6. The average Bonchev–Trinajstić information content (AvgIpc) is 3.33. The fourth-order valence-corrected chi connectivity index (χ4v) is 4.29. The van der Waals surface area contributed by atoms with E-state index in [0.29, 0.717) is 17.9 Å². The van der Waals surface area contributed by atoms with E-state index in [4.69, 9.17) is 11.6 Å². The van der Waals surface area contributed by atoms with Crippen molar-refractivity contribution in [1.82, 2.24) is 14.9 Å². The van der Waals surface area contributed by atoms with Crippen LogP contribution in [0.2, 0.25) is 5.02 Å². The molecule has 1 aliphatic heterocycles. The van der Waals surface area contributed by atoms with Gasteiger partial charge in [0.1, 0.15) is 22.8 Å². The van der Waals surface area contributed by atoms with Gasteiger partial charge in [0.2, 0.25) is 5.91 Å². The molecule has 1 saturated heterocycles. The highest BCUT2D eigenvalue weighted by atomic mass is 35.5. The molecule has 0 unspecified atom stereocenters. The number of anilines is 3. The molecule has 0 saturated carbocycles. The minimum absolute atomic E-state index is 0.00811. The lowest BCUT2D eigenvalue weighted by molar-refractivity contribution is -0.116. The van der Waals surface area contributed by atoms with Crippen LogP contribution < -0.4 is 10.6 Å². The summed E-state index contributed by atoms with van der Waals surface area (Å²) in [6, 6.07) is 6.23. The highest BCUT2D eigenvalue weighted by Gasteiger charge is 2.15. The Morgan fingerprint density at radius 3 is 2.86 bits per heavy atom. The van der Waals surface area contributed by atoms with Crippen LogP contribution in [0.3, 0.4) is 0 Å². The van der Waals surface area contributed by atoms with E-state index in [1.807, 2.05) is 6.07 Å². The summed E-state index contributed by atoms with van der Waals surface area (Å²) in [5.74, 6) is 0.0854. The molecule has 0 atom stereocenters. The Morgan fingerprint density at radius 2 is 2.07 bits per heavy atom. The van der Waals surface area contributed by atoms with Gasteiger partial charge in [0, 0.05) is 18.7 Å². The smallest absolute Gasteiger partial charge is 0.226 e. The molecule has 28 heavy (non-hydrogen) atoms. The zero-order chi connectivity index (χ0) is 19.5. The lowest BCUT2D eigenvalue weighted by Crippen LogP contribution is -2.24. The summed E-state index contributed by atoms with van der Waals surface area (Å²) in [5.41, 5.74) is 0.619. The van der Waals surface area contributed by atoms with Gasteiger partial charge in [-0.3, -0.25) is 4.79 Å². The maximum absolute atomic E-state index is 13.3. The summed E-state index contributed by atoms with van der Waals surface area (Å²) in [6.07, 6.45) is 4.35. The van der Waals surface area contributed by atoms with E-state index >= 15 is 0 Å². The van der Waals surface area contributed by atoms with Crippen molar-refractivity contribution in [3.63, 3.8) is 0 Å². The van der Waals surface area contributed by atoms with Crippen molar-refractivity contribution < 1.29 is 9.18 Å². The van der Waals surface area contributed by atoms with Gasteiger partial charge in [0.15, 0.2) is 0 Å². The fourth-order valence-electron chi connectivity index (χ4n) is 3.19. The highest BCUT2D eigenvalue weighted by Crippen LogP contribution is 2.33. The van der Waals surface area contributed by atoms with Crippen LogP contribution in [-0.4, -0.2) is 40.4 Å². The van der Waals surface area contributed by atoms with Crippen LogP contribution in [0.25, 0.3) is 10.2 Å². The van der Waals surface area contributed by atoms with Gasteiger partial charge >= 0.3 is 0 Å². The van der Waals surface area contributed by atoms with Crippen molar-refractivity contribution in [3.05, 3.63) is 41.4 Å². The van der Waals surface area contributed by atoms with Gasteiger partial charge in [-0.05, 0) is 50.2 Å². The van der Waals surface area contributed by atoms with E-state index in [0.717, 1.165) is 34.9 Å². The number of rotatable bonds is 6. The van der Waals surface area contributed by atoms with Gasteiger partial charge in [0.05, 0.1) is 15.4 Å². The van der Waals surface area contributed by atoms with Crippen molar-refractivity contribution in [1.29, 1.82) is 0 Å². The molecule has 3 aromatic rings. The monoisotopic (exact) mass is 419 g/mol. The number of fused-ring (bicyclic) bond motifs is 1. The third kappa shape index (κ3) is 4.40. The molecule has 1 aromatic carbocycles. The largest absolute Gasteiger partial charge is 0.340 e. The number of hydrogen-bond donors (Lipinski definition) is 2. The molecule has 146 valence electrons. The lowest BCUT2D eigenvalue weighted by atomic mass is 10.3. The summed E-state index contributed by atoms with van der Waals surface area (Å²) < 4.78 is 13.3. The Kier molecular flexibility index (Phi) is 5.70. The highest BCUT2D eigenvalue weighted by molar-refractivity contribution is 7.22. The van der Waals surface area contributed by atoms with Crippen molar-refractivity contribution in [2.75, 3.05) is 30.3 Å². The molecule has 0 aliphatic carbocycles. The minimum atomic E-state index is -0.477. The molecule has 1 amide bonds. The number of carbonyl (C=O) groups is 1. The maximum Gasteiger partial charge on any atom is 0.226 e. The first-order valence-electron chi connectivity index (χ1n) is 9.07. The second-order valence-electron chi connectivity index (χ2n) is 6.65. The molecule has 6 nitrogen and oxygen atoms in total. The minimum Gasteiger partial charge on any atom is -0.340 e. The zero-order valence-corrected chi connectivity index (χ0v) is 16.6. The number of nitrogens with zero attached hydrogens (tertiary/aromatic N) is 3. The molecular weight excluding hydrogens is 401 g/mol. The van der Waals surface area contributed by atoms with Gasteiger partial charge in [-0.1, -0.05) is 22.9 Å². The quantitative estimate of drug-likeness (QED) is 0.608. The van der Waals surface area contributed by atoms with Gasteiger partial charge < -0.3 is 15.5 Å². The number of thiophene rings is 1. The summed E-state index contributed by atoms with van der Waals surface area (Å²) in [4.78, 5) is 23.9. The van der Waals surface area contributed by atoms with Gasteiger partial charge in [-0.25, -0.2) is 14.4 Å². The Hall–Kier alpha value is -2.29. The van der Waals surface area contributed by atoms with Crippen LogP contribution in [0, 0.1) is 5.82 Å². The number of carbonyl (C=O) groups excluding carboxylic acids is 1. The first-order valence-corrected chi connectivity index (χ1v) is 10.3. The van der Waals surface area contributed by atoms with E-state index in [2.05, 4.69) is 25.5 Å². The Morgan fingerprint density at radius 1 is 1.25 bits per heavy atom. The van der Waals surface area contributed by atoms with Crippen LogP contribution >= 0.6 is 22.9 Å². The molecule has 0 spiro atoms. The first-order chi connectivity index (χ1) is 13.6. The third-order valence-electron chi connectivity index (χ3n) is 4.63. The Bertz CT molecular complexity index is 1010. The van der Waals surface area contributed by atoms with E-state index in [-0.39, 0.29) is 10.9 Å². The zero-order valence-electron chi connectivity index (χ0n) is 15.0. The Labute approximate surface area is 170 Å². The Balaban J connectivity index is 1.46. The number of likely N-dealkylation sites (tertiary alicyclic amines) is 1. The molecule has 3 heterocycles. The van der Waals surface area contributed by atoms with Crippen LogP contribution in [0.5, 0.6) is 0 Å². The molecule has 0 radical (unpaired) electrons. The van der Waals surface area contributed by atoms with E-state index in [1.165, 1.54) is 42.6 Å². The van der Waals surface area contributed by atoms with Crippen LogP contribution in [0.4, 0.5) is 20.9 Å². The van der Waals surface area contributed by atoms with Crippen molar-refractivity contribution >= 4 is 55.6 Å². The number of amides is 1. The second kappa shape index (κ2) is 8.38. The molecule has 2 aromatic heterocycles. The van der Waals surface area contributed by atoms with Crippen molar-refractivity contribution in [3.8, 4) is 0 Å². The third-order valence-corrected chi connectivity index (χ3v) is 5.88. The first kappa shape index (κ1) is 19.0. The summed E-state index contributed by atoms with van der Waals surface area (Å²) >= 11 is 7.23. The fraction of sp³-hybridized carbons (Fsp3) is 0.316. The van der Waals surface area contributed by atoms with Crippen LogP contribution in [0.15, 0.2) is 30.6 Å². The van der Waals surface area contributed by atoms with E-state index < -0.39 is 5.82 Å². The SMILES string of the molecule is O=C(CCN1CCCC1)Nc1cc2c(Nc3ccc(F)c(Cl)c3)ncnc2s1. The van der Waals surface area contributed by atoms with Crippen LogP contribution in [0.1, 0.15) is 19.3 Å². The molecule has 1 aliphatic rings. The van der Waals surface area contributed by atoms with Gasteiger partial charge in [-0.2, -0.15) is 0 Å². The van der Waals surface area contributed by atoms with Gasteiger partial charge in [-0.15, -0.1) is 0 Å². The van der Waals surface area contributed by atoms with E-state index in [9.17, 15) is 9.18 Å². The average molecular weight is 420 g/mol. The number of benzene rings is 1. The second-order valence-corrected chi connectivity index (χ2v) is 8.09. The summed E-state index contributed by atoms with van der Waals surface area (Å²) in [6.45, 7) is 2.94. The van der Waals surface area contributed by atoms with Crippen molar-refractivity contribution in [2.24, 2.45) is 0 Å². The molecular formula is C19H19ClFN5OS. The molecule has 4 rings (SSSR count). The molecule has 0 bridgehead atoms. The van der Waals surface area contributed by atoms with Gasteiger partial charge in [0.25, 0.3) is 0 Å². The maximum atomic E-state index is 13.3. The summed E-state index contributed by atoms with van der Waals surface area (Å²) in [5, 5.41) is 7.62. The predicted molar refractivity (Wildman–Crippen MR) is 111 cm³/mol. The lowest BCUT2D eigenvalue weighted by Gasteiger charge is -2.13. The molecule has 2 N–H and O–H groups in total. The standard InChI is InChI=1S/C19H19ClFN5OS/c20-14-9-12(3-4-15(14)21)24-18-13-10-17(28-19(13)23-11-22-18)25-16(27)5-8-26-6-1-2-7-26/h3-4,9-11H,1-2,5-8H2,(H,25,27)(H,22,23,24). The van der Waals surface area contributed by atoms with Crippen LogP contribution in [-0.2, 0) is 4.79 Å². The summed E-state index contributed by atoms with van der Waals surface area (Å²) in [7, 11) is 0.